The largest absolute Gasteiger partial charge is 0.550 e. The third-order valence-corrected chi connectivity index (χ3v) is 6.55. The van der Waals surface area contributed by atoms with Crippen molar-refractivity contribution in [3.05, 3.63) is 51.9 Å². The molecule has 1 aliphatic carbocycles. The molecule has 148 valence electrons. The Labute approximate surface area is 167 Å². The Morgan fingerprint density at radius 1 is 1.14 bits per heavy atom. The van der Waals surface area contributed by atoms with Gasteiger partial charge in [0.15, 0.2) is 0 Å². The number of thiophene rings is 1. The highest BCUT2D eigenvalue weighted by Crippen LogP contribution is 2.36. The summed E-state index contributed by atoms with van der Waals surface area (Å²) in [6.07, 6.45) is 3.13. The number of primary amides is 1. The first kappa shape index (κ1) is 20.1. The number of carbonyl (C=O) groups is 3. The van der Waals surface area contributed by atoms with Crippen molar-refractivity contribution in [3.63, 3.8) is 0 Å². The van der Waals surface area contributed by atoms with Gasteiger partial charge in [0.05, 0.1) is 5.56 Å². The van der Waals surface area contributed by atoms with Crippen molar-refractivity contribution in [1.29, 1.82) is 0 Å². The first-order valence-corrected chi connectivity index (χ1v) is 10.2. The Morgan fingerprint density at radius 3 is 2.39 bits per heavy atom. The van der Waals surface area contributed by atoms with Gasteiger partial charge in [-0.2, -0.15) is 0 Å². The van der Waals surface area contributed by atoms with Gasteiger partial charge in [0.25, 0.3) is 5.91 Å². The van der Waals surface area contributed by atoms with Crippen molar-refractivity contribution in [1.82, 2.24) is 0 Å². The number of hydrogen-bond donors (Lipinski definition) is 2. The molecule has 3 N–H and O–H groups in total. The third kappa shape index (κ3) is 4.25. The predicted octanol–water partition coefficient (Wildman–Crippen LogP) is 2.24. The minimum Gasteiger partial charge on any atom is -0.550 e. The first-order valence-electron chi connectivity index (χ1n) is 9.36. The number of carbonyl (C=O) groups excluding carboxylic acids is 3. The highest BCUT2D eigenvalue weighted by Gasteiger charge is 2.33. The number of aliphatic carboxylic acids is 1. The Balaban J connectivity index is 1.86. The van der Waals surface area contributed by atoms with Gasteiger partial charge in [0.1, 0.15) is 5.00 Å². The van der Waals surface area contributed by atoms with Crippen LogP contribution in [-0.2, 0) is 16.0 Å². The summed E-state index contributed by atoms with van der Waals surface area (Å²) in [5.74, 6) is -3.63. The Morgan fingerprint density at radius 2 is 1.79 bits per heavy atom. The Hall–Kier alpha value is -2.67. The molecule has 7 heteroatoms. The quantitative estimate of drug-likeness (QED) is 0.775. The number of rotatable bonds is 6. The van der Waals surface area contributed by atoms with Gasteiger partial charge >= 0.3 is 0 Å². The summed E-state index contributed by atoms with van der Waals surface area (Å²) >= 11 is 1.32. The molecule has 1 fully saturated rings. The van der Waals surface area contributed by atoms with Crippen LogP contribution in [0, 0.1) is 18.8 Å². The van der Waals surface area contributed by atoms with Crippen LogP contribution in [0.4, 0.5) is 5.00 Å². The van der Waals surface area contributed by atoms with Crippen LogP contribution in [0.25, 0.3) is 0 Å². The molecular formula is C21H23N2O4S-. The molecule has 1 aromatic heterocycles. The molecule has 1 aliphatic rings. The van der Waals surface area contributed by atoms with E-state index in [0.717, 1.165) is 28.8 Å². The second-order valence-corrected chi connectivity index (χ2v) is 8.29. The lowest BCUT2D eigenvalue weighted by Crippen LogP contribution is -2.42. The number of carboxylic acid groups (broad SMARTS) is 1. The van der Waals surface area contributed by atoms with E-state index >= 15 is 0 Å². The smallest absolute Gasteiger partial charge is 0.251 e. The van der Waals surface area contributed by atoms with E-state index in [1.165, 1.54) is 11.3 Å². The van der Waals surface area contributed by atoms with Gasteiger partial charge in [-0.1, -0.05) is 43.2 Å². The van der Waals surface area contributed by atoms with E-state index in [2.05, 4.69) is 5.32 Å². The monoisotopic (exact) mass is 399 g/mol. The van der Waals surface area contributed by atoms with Gasteiger partial charge in [-0.3, -0.25) is 9.59 Å². The van der Waals surface area contributed by atoms with Crippen LogP contribution in [-0.4, -0.2) is 17.8 Å². The van der Waals surface area contributed by atoms with Crippen molar-refractivity contribution < 1.29 is 19.5 Å². The van der Waals surface area contributed by atoms with Gasteiger partial charge in [0.2, 0.25) is 5.91 Å². The van der Waals surface area contributed by atoms with Crippen molar-refractivity contribution in [2.75, 3.05) is 5.32 Å². The molecule has 1 saturated carbocycles. The number of benzene rings is 1. The molecule has 0 unspecified atom stereocenters. The average Bonchev–Trinajstić information content (AvgIpc) is 2.97. The molecule has 1 heterocycles. The van der Waals surface area contributed by atoms with E-state index in [1.54, 1.807) is 0 Å². The van der Waals surface area contributed by atoms with Crippen LogP contribution in [0.1, 0.15) is 52.0 Å². The van der Waals surface area contributed by atoms with E-state index in [9.17, 15) is 19.5 Å². The summed E-state index contributed by atoms with van der Waals surface area (Å²) in [7, 11) is 0. The molecule has 6 nitrogen and oxygen atoms in total. The molecule has 0 aliphatic heterocycles. The maximum absolute atomic E-state index is 12.8. The van der Waals surface area contributed by atoms with Crippen LogP contribution in [0.5, 0.6) is 0 Å². The molecule has 0 saturated heterocycles. The van der Waals surface area contributed by atoms with Crippen LogP contribution in [0.3, 0.4) is 0 Å². The molecular weight excluding hydrogens is 376 g/mol. The second kappa shape index (κ2) is 8.56. The maximum Gasteiger partial charge on any atom is 0.251 e. The fourth-order valence-corrected chi connectivity index (χ4v) is 5.07. The van der Waals surface area contributed by atoms with Crippen molar-refractivity contribution in [2.45, 2.75) is 39.0 Å². The molecule has 2 atom stereocenters. The van der Waals surface area contributed by atoms with E-state index in [-0.39, 0.29) is 5.91 Å². The van der Waals surface area contributed by atoms with Gasteiger partial charge in [0, 0.05) is 29.1 Å². The van der Waals surface area contributed by atoms with Crippen LogP contribution >= 0.6 is 11.3 Å². The number of amides is 2. The zero-order valence-electron chi connectivity index (χ0n) is 15.7. The molecule has 2 aromatic rings. The fraction of sp³-hybridized carbons (Fsp3) is 0.381. The van der Waals surface area contributed by atoms with Gasteiger partial charge in [-0.25, -0.2) is 0 Å². The number of carboxylic acids is 1. The summed E-state index contributed by atoms with van der Waals surface area (Å²) in [4.78, 5) is 37.1. The SMILES string of the molecule is Cc1c(Cc2ccccc2)sc(NC(=O)[C@@H]2CCCC[C@@H]2C(=O)[O-])c1C(N)=O. The standard InChI is InChI=1S/C21H24N2O4S/c1-12-16(11-13-7-3-2-4-8-13)28-20(17(12)18(22)24)23-19(25)14-9-5-6-10-15(14)21(26)27/h2-4,7-8,14-15H,5-6,9-11H2,1H3,(H2,22,24)(H,23,25)(H,26,27)/p-1/t14-,15+/m1/s1. The lowest BCUT2D eigenvalue weighted by Gasteiger charge is -2.31. The number of anilines is 1. The van der Waals surface area contributed by atoms with E-state index in [0.29, 0.717) is 29.8 Å². The van der Waals surface area contributed by atoms with Gasteiger partial charge in [-0.15, -0.1) is 11.3 Å². The highest BCUT2D eigenvalue weighted by molar-refractivity contribution is 7.17. The molecule has 0 spiro atoms. The number of nitrogens with one attached hydrogen (secondary N) is 1. The highest BCUT2D eigenvalue weighted by atomic mass is 32.1. The molecule has 2 amide bonds. The summed E-state index contributed by atoms with van der Waals surface area (Å²) in [6.45, 7) is 1.81. The second-order valence-electron chi connectivity index (χ2n) is 7.19. The molecule has 0 radical (unpaired) electrons. The summed E-state index contributed by atoms with van der Waals surface area (Å²) < 4.78 is 0. The lowest BCUT2D eigenvalue weighted by atomic mass is 9.79. The summed E-state index contributed by atoms with van der Waals surface area (Å²) in [5.41, 5.74) is 7.70. The normalized spacial score (nSPS) is 19.2. The summed E-state index contributed by atoms with van der Waals surface area (Å²) in [5, 5.41) is 14.6. The van der Waals surface area contributed by atoms with Gasteiger partial charge in [-0.05, 0) is 30.9 Å². The van der Waals surface area contributed by atoms with E-state index < -0.39 is 23.7 Å². The number of hydrogen-bond acceptors (Lipinski definition) is 5. The Kier molecular flexibility index (Phi) is 6.14. The lowest BCUT2D eigenvalue weighted by molar-refractivity contribution is -0.313. The zero-order chi connectivity index (χ0) is 20.3. The fourth-order valence-electron chi connectivity index (χ4n) is 3.83. The van der Waals surface area contributed by atoms with Crippen LogP contribution < -0.4 is 16.2 Å². The van der Waals surface area contributed by atoms with E-state index in [4.69, 9.17) is 5.73 Å². The van der Waals surface area contributed by atoms with Crippen LogP contribution in [0.2, 0.25) is 0 Å². The minimum absolute atomic E-state index is 0.296. The summed E-state index contributed by atoms with van der Waals surface area (Å²) in [6, 6.07) is 9.81. The van der Waals surface area contributed by atoms with Gasteiger partial charge < -0.3 is 21.0 Å². The Bertz CT molecular complexity index is 891. The average molecular weight is 399 g/mol. The predicted molar refractivity (Wildman–Crippen MR) is 106 cm³/mol. The minimum atomic E-state index is -1.19. The zero-order valence-corrected chi connectivity index (χ0v) is 16.5. The van der Waals surface area contributed by atoms with E-state index in [1.807, 2.05) is 37.3 Å². The molecule has 0 bridgehead atoms. The third-order valence-electron chi connectivity index (χ3n) is 5.34. The number of nitrogens with two attached hydrogens (primary N) is 1. The molecule has 1 aromatic carbocycles. The van der Waals surface area contributed by atoms with Crippen LogP contribution in [0.15, 0.2) is 30.3 Å². The van der Waals surface area contributed by atoms with Crippen molar-refractivity contribution in [3.8, 4) is 0 Å². The first-order chi connectivity index (χ1) is 13.4. The van der Waals surface area contributed by atoms with Crippen molar-refractivity contribution >= 4 is 34.1 Å². The molecule has 28 heavy (non-hydrogen) atoms. The molecule has 3 rings (SSSR count). The van der Waals surface area contributed by atoms with Crippen molar-refractivity contribution in [2.24, 2.45) is 17.6 Å². The topological polar surface area (TPSA) is 112 Å². The maximum atomic E-state index is 12.8.